The highest BCUT2D eigenvalue weighted by atomic mass is 16.2. The number of carbonyl (C=O) groups excluding carboxylic acids is 1. The third kappa shape index (κ3) is 2.89. The Kier molecular flexibility index (Phi) is 3.54. The molecule has 0 aliphatic carbocycles. The molecule has 0 radical (unpaired) electrons. The zero-order valence-electron chi connectivity index (χ0n) is 12.2. The van der Waals surface area contributed by atoms with Crippen LogP contribution < -0.4 is 5.73 Å². The molecule has 0 unspecified atom stereocenters. The summed E-state index contributed by atoms with van der Waals surface area (Å²) in [7, 11) is 1.77. The van der Waals surface area contributed by atoms with E-state index < -0.39 is 0 Å². The van der Waals surface area contributed by atoms with Gasteiger partial charge in [0.25, 0.3) is 5.91 Å². The number of anilines is 1. The van der Waals surface area contributed by atoms with E-state index in [1.165, 1.54) is 0 Å². The number of piperazine rings is 1. The minimum atomic E-state index is -0.0633. The quantitative estimate of drug-likeness (QED) is 0.805. The van der Waals surface area contributed by atoms with Crippen LogP contribution in [0, 0.1) is 0 Å². The molecule has 6 nitrogen and oxygen atoms in total. The predicted molar refractivity (Wildman–Crippen MR) is 74.8 cm³/mol. The van der Waals surface area contributed by atoms with Crippen molar-refractivity contribution in [2.75, 3.05) is 31.9 Å². The lowest BCUT2D eigenvalue weighted by Crippen LogP contribution is -2.54. The Morgan fingerprint density at radius 2 is 1.84 bits per heavy atom. The van der Waals surface area contributed by atoms with Gasteiger partial charge in [-0.1, -0.05) is 0 Å². The summed E-state index contributed by atoms with van der Waals surface area (Å²) in [6.07, 6.45) is 1.67. The van der Waals surface area contributed by atoms with E-state index in [0.717, 1.165) is 26.2 Å². The highest BCUT2D eigenvalue weighted by molar-refractivity contribution is 5.97. The van der Waals surface area contributed by atoms with Gasteiger partial charge in [0.2, 0.25) is 0 Å². The average Bonchev–Trinajstić information content (AvgIpc) is 2.66. The summed E-state index contributed by atoms with van der Waals surface area (Å²) in [5.74, 6) is -0.0633. The SMILES string of the molecule is Cn1cc(N)c(C(=O)N2CCN(C(C)(C)C)CC2)n1. The van der Waals surface area contributed by atoms with Crippen LogP contribution in [0.2, 0.25) is 0 Å². The molecule has 1 saturated heterocycles. The second kappa shape index (κ2) is 4.85. The molecule has 1 aliphatic rings. The van der Waals surface area contributed by atoms with Crippen molar-refractivity contribution in [2.24, 2.45) is 7.05 Å². The summed E-state index contributed by atoms with van der Waals surface area (Å²) in [6.45, 7) is 9.83. The number of carbonyl (C=O) groups is 1. The summed E-state index contributed by atoms with van der Waals surface area (Å²) in [5, 5.41) is 4.14. The van der Waals surface area contributed by atoms with Crippen molar-refractivity contribution >= 4 is 11.6 Å². The van der Waals surface area contributed by atoms with Crippen molar-refractivity contribution < 1.29 is 4.79 Å². The number of nitrogen functional groups attached to an aromatic ring is 1. The Balaban J connectivity index is 2.02. The number of hydrogen-bond donors (Lipinski definition) is 1. The highest BCUT2D eigenvalue weighted by Crippen LogP contribution is 2.18. The van der Waals surface area contributed by atoms with Gasteiger partial charge in [-0.25, -0.2) is 0 Å². The van der Waals surface area contributed by atoms with E-state index in [2.05, 4.69) is 30.8 Å². The molecule has 1 fully saturated rings. The monoisotopic (exact) mass is 265 g/mol. The van der Waals surface area contributed by atoms with E-state index in [-0.39, 0.29) is 11.4 Å². The van der Waals surface area contributed by atoms with Crippen LogP contribution >= 0.6 is 0 Å². The first kappa shape index (κ1) is 13.9. The molecule has 0 saturated carbocycles. The van der Waals surface area contributed by atoms with Crippen LogP contribution in [0.1, 0.15) is 31.3 Å². The van der Waals surface area contributed by atoms with E-state index in [1.54, 1.807) is 17.9 Å². The molecule has 1 aliphatic heterocycles. The van der Waals surface area contributed by atoms with Gasteiger partial charge in [-0.2, -0.15) is 5.10 Å². The molecular formula is C13H23N5O. The van der Waals surface area contributed by atoms with Gasteiger partial charge >= 0.3 is 0 Å². The Morgan fingerprint density at radius 1 is 1.26 bits per heavy atom. The summed E-state index contributed by atoms with van der Waals surface area (Å²) in [4.78, 5) is 16.6. The smallest absolute Gasteiger partial charge is 0.276 e. The van der Waals surface area contributed by atoms with Crippen LogP contribution in [0.5, 0.6) is 0 Å². The summed E-state index contributed by atoms with van der Waals surface area (Å²) in [5.41, 5.74) is 6.77. The second-order valence-corrected chi connectivity index (χ2v) is 6.06. The topological polar surface area (TPSA) is 67.4 Å². The third-order valence-corrected chi connectivity index (χ3v) is 3.58. The molecule has 19 heavy (non-hydrogen) atoms. The van der Waals surface area contributed by atoms with Crippen LogP contribution in [0.25, 0.3) is 0 Å². The van der Waals surface area contributed by atoms with Crippen molar-refractivity contribution in [3.05, 3.63) is 11.9 Å². The van der Waals surface area contributed by atoms with E-state index >= 15 is 0 Å². The van der Waals surface area contributed by atoms with Gasteiger partial charge < -0.3 is 10.6 Å². The molecule has 0 aromatic carbocycles. The number of aryl methyl sites for hydroxylation is 1. The summed E-state index contributed by atoms with van der Waals surface area (Å²) >= 11 is 0. The van der Waals surface area contributed by atoms with Gasteiger partial charge in [0.15, 0.2) is 5.69 Å². The molecule has 6 heteroatoms. The molecule has 2 N–H and O–H groups in total. The van der Waals surface area contributed by atoms with Crippen LogP contribution in [-0.2, 0) is 7.05 Å². The number of hydrogen-bond acceptors (Lipinski definition) is 4. The van der Waals surface area contributed by atoms with E-state index in [9.17, 15) is 4.79 Å². The van der Waals surface area contributed by atoms with Crippen molar-refractivity contribution in [1.82, 2.24) is 19.6 Å². The molecule has 0 bridgehead atoms. The van der Waals surface area contributed by atoms with Crippen molar-refractivity contribution in [1.29, 1.82) is 0 Å². The Morgan fingerprint density at radius 3 is 2.26 bits per heavy atom. The number of nitrogens with two attached hydrogens (primary N) is 1. The normalized spacial score (nSPS) is 17.8. The molecular weight excluding hydrogens is 242 g/mol. The minimum absolute atomic E-state index is 0.0633. The fraction of sp³-hybridized carbons (Fsp3) is 0.692. The molecule has 2 rings (SSSR count). The number of amides is 1. The maximum Gasteiger partial charge on any atom is 0.276 e. The van der Waals surface area contributed by atoms with E-state index in [1.807, 2.05) is 4.90 Å². The Bertz CT molecular complexity index is 466. The molecule has 106 valence electrons. The van der Waals surface area contributed by atoms with Crippen LogP contribution in [0.4, 0.5) is 5.69 Å². The molecule has 1 aromatic rings. The first-order chi connectivity index (χ1) is 8.79. The molecule has 1 aromatic heterocycles. The third-order valence-electron chi connectivity index (χ3n) is 3.58. The maximum absolute atomic E-state index is 12.3. The van der Waals surface area contributed by atoms with Gasteiger partial charge in [0.1, 0.15) is 0 Å². The van der Waals surface area contributed by atoms with E-state index in [0.29, 0.717) is 11.4 Å². The molecule has 2 heterocycles. The Labute approximate surface area is 114 Å². The van der Waals surface area contributed by atoms with E-state index in [4.69, 9.17) is 5.73 Å². The lowest BCUT2D eigenvalue weighted by Gasteiger charge is -2.42. The van der Waals surface area contributed by atoms with Crippen molar-refractivity contribution in [3.63, 3.8) is 0 Å². The van der Waals surface area contributed by atoms with Crippen LogP contribution in [0.15, 0.2) is 6.20 Å². The molecule has 0 atom stereocenters. The molecule has 1 amide bonds. The lowest BCUT2D eigenvalue weighted by atomic mass is 10.0. The highest BCUT2D eigenvalue weighted by Gasteiger charge is 2.29. The first-order valence-electron chi connectivity index (χ1n) is 6.62. The zero-order chi connectivity index (χ0) is 14.2. The fourth-order valence-corrected chi connectivity index (χ4v) is 2.40. The average molecular weight is 265 g/mol. The van der Waals surface area contributed by atoms with Crippen molar-refractivity contribution in [2.45, 2.75) is 26.3 Å². The van der Waals surface area contributed by atoms with Gasteiger partial charge in [0.05, 0.1) is 5.69 Å². The number of aromatic nitrogens is 2. The zero-order valence-corrected chi connectivity index (χ0v) is 12.2. The fourth-order valence-electron chi connectivity index (χ4n) is 2.40. The summed E-state index contributed by atoms with van der Waals surface area (Å²) < 4.78 is 1.58. The number of nitrogens with zero attached hydrogens (tertiary/aromatic N) is 4. The lowest BCUT2D eigenvalue weighted by molar-refractivity contribution is 0.0447. The van der Waals surface area contributed by atoms with Crippen LogP contribution in [0.3, 0.4) is 0 Å². The first-order valence-corrected chi connectivity index (χ1v) is 6.62. The van der Waals surface area contributed by atoms with Gasteiger partial charge in [0, 0.05) is 45.0 Å². The predicted octanol–water partition coefficient (Wildman–Crippen LogP) is 0.559. The van der Waals surface area contributed by atoms with Crippen LogP contribution in [-0.4, -0.2) is 57.2 Å². The largest absolute Gasteiger partial charge is 0.396 e. The van der Waals surface area contributed by atoms with Gasteiger partial charge in [-0.3, -0.25) is 14.4 Å². The van der Waals surface area contributed by atoms with Gasteiger partial charge in [-0.15, -0.1) is 0 Å². The second-order valence-electron chi connectivity index (χ2n) is 6.06. The van der Waals surface area contributed by atoms with Gasteiger partial charge in [-0.05, 0) is 20.8 Å². The van der Waals surface area contributed by atoms with Crippen molar-refractivity contribution in [3.8, 4) is 0 Å². The summed E-state index contributed by atoms with van der Waals surface area (Å²) in [6, 6.07) is 0. The standard InChI is InChI=1S/C13H23N5O/c1-13(2,3)18-7-5-17(6-8-18)12(19)11-10(14)9-16(4)15-11/h9H,5-8,14H2,1-4H3. The minimum Gasteiger partial charge on any atom is -0.396 e. The Hall–Kier alpha value is -1.56. The molecule has 0 spiro atoms. The maximum atomic E-state index is 12.3. The number of rotatable bonds is 1.